The zero-order chi connectivity index (χ0) is 17.5. The summed E-state index contributed by atoms with van der Waals surface area (Å²) < 4.78 is 15.1. The first-order valence-electron chi connectivity index (χ1n) is 7.78. The van der Waals surface area contributed by atoms with Crippen LogP contribution in [0.15, 0.2) is 57.7 Å². The van der Waals surface area contributed by atoms with Crippen LogP contribution in [0.1, 0.15) is 12.5 Å². The van der Waals surface area contributed by atoms with Gasteiger partial charge in [-0.1, -0.05) is 30.3 Å². The van der Waals surface area contributed by atoms with E-state index in [1.54, 1.807) is 27.2 Å². The molecule has 0 bridgehead atoms. The normalized spacial score (nSPS) is 10.2. The van der Waals surface area contributed by atoms with Gasteiger partial charge in [0.1, 0.15) is 11.3 Å². The molecular weight excluding hydrogens is 304 g/mol. The van der Waals surface area contributed by atoms with Crippen LogP contribution in [0.4, 0.5) is 0 Å². The first kappa shape index (κ1) is 17.8. The maximum atomic E-state index is 12.0. The number of hydrogen-bond donors (Lipinski definition) is 0. The van der Waals surface area contributed by atoms with Crippen LogP contribution < -0.4 is 10.4 Å². The molecule has 3 aromatic rings. The Labute approximate surface area is 141 Å². The average molecular weight is 326 g/mol. The van der Waals surface area contributed by atoms with E-state index in [1.807, 2.05) is 49.4 Å². The number of methoxy groups -OCH3 is 2. The smallest absolute Gasteiger partial charge is 0.339 e. The Morgan fingerprint density at radius 2 is 1.71 bits per heavy atom. The van der Waals surface area contributed by atoms with E-state index >= 15 is 0 Å². The van der Waals surface area contributed by atoms with Crippen molar-refractivity contribution in [1.82, 2.24) is 0 Å². The molecule has 126 valence electrons. The fourth-order valence-corrected chi connectivity index (χ4v) is 2.38. The largest absolute Gasteiger partial charge is 0.497 e. The van der Waals surface area contributed by atoms with Crippen molar-refractivity contribution >= 4 is 11.0 Å². The van der Waals surface area contributed by atoms with E-state index in [0.29, 0.717) is 16.9 Å². The van der Waals surface area contributed by atoms with Gasteiger partial charge in [-0.2, -0.15) is 0 Å². The van der Waals surface area contributed by atoms with Crippen LogP contribution in [-0.4, -0.2) is 20.8 Å². The molecule has 0 aliphatic rings. The van der Waals surface area contributed by atoms with E-state index in [4.69, 9.17) is 9.15 Å². The highest BCUT2D eigenvalue weighted by Gasteiger charge is 2.13. The molecule has 0 aliphatic heterocycles. The van der Waals surface area contributed by atoms with Crippen molar-refractivity contribution in [1.29, 1.82) is 0 Å². The Kier molecular flexibility index (Phi) is 6.15. The summed E-state index contributed by atoms with van der Waals surface area (Å²) >= 11 is 0. The number of rotatable bonds is 3. The highest BCUT2D eigenvalue weighted by Crippen LogP contribution is 2.31. The molecule has 0 saturated heterocycles. The minimum absolute atomic E-state index is 0.315. The summed E-state index contributed by atoms with van der Waals surface area (Å²) in [6.45, 7) is 4.57. The van der Waals surface area contributed by atoms with Gasteiger partial charge in [-0.15, -0.1) is 0 Å². The Hall–Kier alpha value is -2.59. The fraction of sp³-hybridized carbons (Fsp3) is 0.250. The molecule has 1 heterocycles. The monoisotopic (exact) mass is 326 g/mol. The minimum Gasteiger partial charge on any atom is -0.497 e. The van der Waals surface area contributed by atoms with Gasteiger partial charge in [0.05, 0.1) is 7.11 Å². The zero-order valence-corrected chi connectivity index (χ0v) is 14.5. The molecule has 3 rings (SSSR count). The summed E-state index contributed by atoms with van der Waals surface area (Å²) in [5, 5.41) is 0.911. The first-order chi connectivity index (χ1) is 11.6. The second kappa shape index (κ2) is 8.31. The number of ether oxygens (including phenoxy) is 2. The molecule has 4 nitrogen and oxygen atoms in total. The van der Waals surface area contributed by atoms with E-state index in [2.05, 4.69) is 4.74 Å². The third-order valence-electron chi connectivity index (χ3n) is 3.69. The van der Waals surface area contributed by atoms with Gasteiger partial charge in [0.15, 0.2) is 0 Å². The third-order valence-corrected chi connectivity index (χ3v) is 3.69. The molecule has 0 aliphatic carbocycles. The van der Waals surface area contributed by atoms with E-state index in [9.17, 15) is 4.79 Å². The molecule has 0 fully saturated rings. The quantitative estimate of drug-likeness (QED) is 0.668. The molecule has 4 heteroatoms. The lowest BCUT2D eigenvalue weighted by molar-refractivity contribution is 0.215. The van der Waals surface area contributed by atoms with Gasteiger partial charge in [-0.25, -0.2) is 4.79 Å². The minimum atomic E-state index is -0.315. The first-order valence-corrected chi connectivity index (χ1v) is 7.78. The number of fused-ring (bicyclic) bond motifs is 1. The number of hydrogen-bond acceptors (Lipinski definition) is 4. The summed E-state index contributed by atoms with van der Waals surface area (Å²) in [7, 11) is 3.27. The Morgan fingerprint density at radius 3 is 2.29 bits per heavy atom. The molecule has 0 amide bonds. The van der Waals surface area contributed by atoms with Gasteiger partial charge < -0.3 is 13.9 Å². The lowest BCUT2D eigenvalue weighted by Gasteiger charge is -2.10. The molecule has 0 atom stereocenters. The van der Waals surface area contributed by atoms with Crippen LogP contribution in [-0.2, 0) is 4.74 Å². The van der Waals surface area contributed by atoms with Crippen LogP contribution in [0.25, 0.3) is 22.1 Å². The van der Waals surface area contributed by atoms with Crippen molar-refractivity contribution in [2.75, 3.05) is 20.8 Å². The predicted molar refractivity (Wildman–Crippen MR) is 96.8 cm³/mol. The van der Waals surface area contributed by atoms with Crippen molar-refractivity contribution in [2.45, 2.75) is 13.8 Å². The second-order valence-electron chi connectivity index (χ2n) is 5.19. The summed E-state index contributed by atoms with van der Waals surface area (Å²) in [5.74, 6) is 0.670. The van der Waals surface area contributed by atoms with Crippen molar-refractivity contribution in [3.8, 4) is 16.9 Å². The Morgan fingerprint density at radius 1 is 1.04 bits per heavy atom. The molecule has 1 aromatic heterocycles. The lowest BCUT2D eigenvalue weighted by Crippen LogP contribution is -2.05. The van der Waals surface area contributed by atoms with Crippen molar-refractivity contribution in [3.63, 3.8) is 0 Å². The number of benzene rings is 2. The van der Waals surface area contributed by atoms with Crippen molar-refractivity contribution in [3.05, 3.63) is 64.5 Å². The highest BCUT2D eigenvalue weighted by molar-refractivity contribution is 5.95. The van der Waals surface area contributed by atoms with Gasteiger partial charge in [0.25, 0.3) is 0 Å². The summed E-state index contributed by atoms with van der Waals surface area (Å²) in [6.07, 6.45) is 0. The predicted octanol–water partition coefficient (Wildman–Crippen LogP) is 4.43. The lowest BCUT2D eigenvalue weighted by atomic mass is 9.98. The highest BCUT2D eigenvalue weighted by atomic mass is 16.5. The van der Waals surface area contributed by atoms with Gasteiger partial charge in [-0.3, -0.25) is 0 Å². The standard InChI is InChI=1S/C17H14O3.C3H8O/c1-11-16(12-6-4-3-5-7-12)14-9-8-13(19-2)10-15(14)20-17(11)18;1-3-4-2/h3-10H,1-2H3;3H2,1-2H3. The average Bonchev–Trinajstić information content (AvgIpc) is 2.63. The molecule has 2 aromatic carbocycles. The van der Waals surface area contributed by atoms with Crippen LogP contribution in [0.2, 0.25) is 0 Å². The Balaban J connectivity index is 0.000000471. The summed E-state index contributed by atoms with van der Waals surface area (Å²) in [5.41, 5.74) is 2.77. The molecule has 0 radical (unpaired) electrons. The van der Waals surface area contributed by atoms with Gasteiger partial charge in [0, 0.05) is 36.3 Å². The topological polar surface area (TPSA) is 48.7 Å². The van der Waals surface area contributed by atoms with Crippen LogP contribution >= 0.6 is 0 Å². The summed E-state index contributed by atoms with van der Waals surface area (Å²) in [4.78, 5) is 12.0. The fourth-order valence-electron chi connectivity index (χ4n) is 2.38. The third kappa shape index (κ3) is 3.84. The van der Waals surface area contributed by atoms with E-state index in [1.165, 1.54) is 0 Å². The van der Waals surface area contributed by atoms with Crippen LogP contribution in [0.3, 0.4) is 0 Å². The van der Waals surface area contributed by atoms with E-state index in [0.717, 1.165) is 23.1 Å². The van der Waals surface area contributed by atoms with Gasteiger partial charge in [0.2, 0.25) is 0 Å². The van der Waals surface area contributed by atoms with E-state index in [-0.39, 0.29) is 5.63 Å². The summed E-state index contributed by atoms with van der Waals surface area (Å²) in [6, 6.07) is 15.4. The SMILES string of the molecule is CCOC.COc1ccc2c(-c3ccccc3)c(C)c(=O)oc2c1. The van der Waals surface area contributed by atoms with Gasteiger partial charge >= 0.3 is 5.63 Å². The molecule has 0 unspecified atom stereocenters. The molecular formula is C20H22O4. The Bertz CT molecular complexity index is 849. The van der Waals surface area contributed by atoms with Gasteiger partial charge in [-0.05, 0) is 31.5 Å². The second-order valence-corrected chi connectivity index (χ2v) is 5.19. The zero-order valence-electron chi connectivity index (χ0n) is 14.5. The van der Waals surface area contributed by atoms with Crippen molar-refractivity contribution in [2.24, 2.45) is 0 Å². The van der Waals surface area contributed by atoms with Crippen LogP contribution in [0, 0.1) is 6.92 Å². The maximum absolute atomic E-state index is 12.0. The van der Waals surface area contributed by atoms with E-state index < -0.39 is 0 Å². The maximum Gasteiger partial charge on any atom is 0.339 e. The molecule has 0 spiro atoms. The van der Waals surface area contributed by atoms with Crippen LogP contribution in [0.5, 0.6) is 5.75 Å². The molecule has 0 N–H and O–H groups in total. The molecule has 24 heavy (non-hydrogen) atoms. The molecule has 0 saturated carbocycles. The van der Waals surface area contributed by atoms with Crippen molar-refractivity contribution < 1.29 is 13.9 Å².